The zero-order chi connectivity index (χ0) is 9.42. The van der Waals surface area contributed by atoms with E-state index in [1.807, 2.05) is 0 Å². The molecule has 4 nitrogen and oxygen atoms in total. The predicted molar refractivity (Wildman–Crippen MR) is 48.5 cm³/mol. The largest absolute Gasteiger partial charge is 0.465 e. The maximum Gasteiger partial charge on any atom is 0.407 e. The van der Waals surface area contributed by atoms with Gasteiger partial charge in [-0.05, 0) is 32.1 Å². The predicted octanol–water partition coefficient (Wildman–Crippen LogP) is 1.01. The van der Waals surface area contributed by atoms with Gasteiger partial charge in [0, 0.05) is 18.1 Å². The van der Waals surface area contributed by atoms with Crippen molar-refractivity contribution in [2.75, 3.05) is 0 Å². The van der Waals surface area contributed by atoms with Crippen LogP contribution in [0.1, 0.15) is 32.1 Å². The van der Waals surface area contributed by atoms with Crippen LogP contribution in [0.5, 0.6) is 0 Å². The fourth-order valence-electron chi connectivity index (χ4n) is 2.74. The molecule has 2 bridgehead atoms. The Balaban J connectivity index is 2.14. The first-order valence-corrected chi connectivity index (χ1v) is 4.95. The van der Waals surface area contributed by atoms with Gasteiger partial charge in [0.25, 0.3) is 0 Å². The van der Waals surface area contributed by atoms with Crippen molar-refractivity contribution in [2.24, 2.45) is 5.73 Å². The van der Waals surface area contributed by atoms with Crippen molar-refractivity contribution in [1.82, 2.24) is 4.90 Å². The summed E-state index contributed by atoms with van der Waals surface area (Å²) in [4.78, 5) is 12.6. The number of carbonyl (C=O) groups is 1. The molecule has 2 aliphatic heterocycles. The molecule has 2 unspecified atom stereocenters. The van der Waals surface area contributed by atoms with Gasteiger partial charge in [-0.3, -0.25) is 0 Å². The normalized spacial score (nSPS) is 38.8. The molecular weight excluding hydrogens is 168 g/mol. The number of piperidine rings is 2. The molecule has 3 atom stereocenters. The van der Waals surface area contributed by atoms with Crippen molar-refractivity contribution in [3.63, 3.8) is 0 Å². The van der Waals surface area contributed by atoms with Gasteiger partial charge in [-0.15, -0.1) is 0 Å². The number of hydrogen-bond donors (Lipinski definition) is 2. The fourth-order valence-corrected chi connectivity index (χ4v) is 2.74. The smallest absolute Gasteiger partial charge is 0.407 e. The second-order valence-corrected chi connectivity index (χ2v) is 4.16. The molecule has 3 N–H and O–H groups in total. The number of rotatable bonds is 0. The Morgan fingerprint density at radius 1 is 1.31 bits per heavy atom. The number of amides is 1. The van der Waals surface area contributed by atoms with Crippen LogP contribution in [0, 0.1) is 0 Å². The summed E-state index contributed by atoms with van der Waals surface area (Å²) in [5.74, 6) is 0. The third-order valence-electron chi connectivity index (χ3n) is 3.23. The first-order valence-electron chi connectivity index (χ1n) is 4.95. The average molecular weight is 184 g/mol. The van der Waals surface area contributed by atoms with Crippen molar-refractivity contribution < 1.29 is 9.90 Å². The number of fused-ring (bicyclic) bond motifs is 2. The Morgan fingerprint density at radius 3 is 2.31 bits per heavy atom. The summed E-state index contributed by atoms with van der Waals surface area (Å²) in [6.45, 7) is 0. The molecule has 4 heteroatoms. The second kappa shape index (κ2) is 3.18. The average Bonchev–Trinajstić information content (AvgIpc) is 2.01. The zero-order valence-corrected chi connectivity index (χ0v) is 7.65. The third-order valence-corrected chi connectivity index (χ3v) is 3.23. The van der Waals surface area contributed by atoms with E-state index in [0.717, 1.165) is 32.1 Å². The molecule has 0 aliphatic carbocycles. The van der Waals surface area contributed by atoms with Crippen LogP contribution in [-0.4, -0.2) is 34.2 Å². The molecule has 0 spiro atoms. The van der Waals surface area contributed by atoms with Gasteiger partial charge in [-0.1, -0.05) is 0 Å². The molecule has 0 radical (unpaired) electrons. The molecule has 2 fully saturated rings. The van der Waals surface area contributed by atoms with E-state index < -0.39 is 6.09 Å². The first kappa shape index (κ1) is 8.81. The minimum absolute atomic E-state index is 0.194. The van der Waals surface area contributed by atoms with Crippen LogP contribution in [0.25, 0.3) is 0 Å². The molecule has 13 heavy (non-hydrogen) atoms. The zero-order valence-electron chi connectivity index (χ0n) is 7.65. The molecule has 1 amide bonds. The van der Waals surface area contributed by atoms with E-state index in [-0.39, 0.29) is 18.1 Å². The molecular formula is C9H16N2O2. The highest BCUT2D eigenvalue weighted by Gasteiger charge is 2.39. The van der Waals surface area contributed by atoms with Crippen molar-refractivity contribution in [1.29, 1.82) is 0 Å². The van der Waals surface area contributed by atoms with E-state index >= 15 is 0 Å². The third kappa shape index (κ3) is 1.50. The van der Waals surface area contributed by atoms with Crippen LogP contribution in [-0.2, 0) is 0 Å². The Kier molecular flexibility index (Phi) is 2.15. The summed E-state index contributed by atoms with van der Waals surface area (Å²) in [7, 11) is 0. The van der Waals surface area contributed by atoms with E-state index in [2.05, 4.69) is 0 Å². The van der Waals surface area contributed by atoms with Gasteiger partial charge in [0.2, 0.25) is 0 Å². The van der Waals surface area contributed by atoms with Crippen molar-refractivity contribution in [2.45, 2.75) is 50.2 Å². The van der Waals surface area contributed by atoms with Crippen LogP contribution in [0.2, 0.25) is 0 Å². The molecule has 74 valence electrons. The SMILES string of the molecule is NC1CC2CCC[C@@H](C1)N2C(=O)O. The molecule has 0 aromatic carbocycles. The summed E-state index contributed by atoms with van der Waals surface area (Å²) in [6.07, 6.45) is 4.09. The summed E-state index contributed by atoms with van der Waals surface area (Å²) in [5.41, 5.74) is 5.87. The highest BCUT2D eigenvalue weighted by Crippen LogP contribution is 2.33. The van der Waals surface area contributed by atoms with Gasteiger partial charge < -0.3 is 15.7 Å². The number of hydrogen-bond acceptors (Lipinski definition) is 2. The van der Waals surface area contributed by atoms with E-state index in [4.69, 9.17) is 10.8 Å². The summed E-state index contributed by atoms with van der Waals surface area (Å²) in [5, 5.41) is 9.02. The van der Waals surface area contributed by atoms with Gasteiger partial charge in [0.15, 0.2) is 0 Å². The highest BCUT2D eigenvalue weighted by molar-refractivity contribution is 5.66. The summed E-state index contributed by atoms with van der Waals surface area (Å²) in [6, 6.07) is 0.603. The molecule has 2 saturated heterocycles. The number of nitrogens with zero attached hydrogens (tertiary/aromatic N) is 1. The lowest BCUT2D eigenvalue weighted by atomic mass is 9.82. The monoisotopic (exact) mass is 184 g/mol. The van der Waals surface area contributed by atoms with Crippen LogP contribution in [0.3, 0.4) is 0 Å². The molecule has 0 aromatic heterocycles. The van der Waals surface area contributed by atoms with Gasteiger partial charge in [0.1, 0.15) is 0 Å². The van der Waals surface area contributed by atoms with Gasteiger partial charge in [0.05, 0.1) is 0 Å². The van der Waals surface area contributed by atoms with Gasteiger partial charge in [-0.25, -0.2) is 4.79 Å². The van der Waals surface area contributed by atoms with Crippen LogP contribution in [0.4, 0.5) is 4.79 Å². The molecule has 2 rings (SSSR count). The molecule has 0 aromatic rings. The quantitative estimate of drug-likeness (QED) is 0.590. The maximum absolute atomic E-state index is 11.0. The molecule has 2 heterocycles. The Morgan fingerprint density at radius 2 is 1.85 bits per heavy atom. The van der Waals surface area contributed by atoms with Gasteiger partial charge >= 0.3 is 6.09 Å². The van der Waals surface area contributed by atoms with E-state index in [1.165, 1.54) is 0 Å². The van der Waals surface area contributed by atoms with E-state index in [9.17, 15) is 4.79 Å². The fraction of sp³-hybridized carbons (Fsp3) is 0.889. The van der Waals surface area contributed by atoms with Crippen molar-refractivity contribution >= 4 is 6.09 Å². The van der Waals surface area contributed by atoms with Gasteiger partial charge in [-0.2, -0.15) is 0 Å². The van der Waals surface area contributed by atoms with Crippen molar-refractivity contribution in [3.8, 4) is 0 Å². The van der Waals surface area contributed by atoms with Crippen LogP contribution in [0.15, 0.2) is 0 Å². The number of carboxylic acid groups (broad SMARTS) is 1. The molecule has 2 aliphatic rings. The second-order valence-electron chi connectivity index (χ2n) is 4.16. The lowest BCUT2D eigenvalue weighted by Crippen LogP contribution is -2.57. The lowest BCUT2D eigenvalue weighted by Gasteiger charge is -2.46. The molecule has 0 saturated carbocycles. The summed E-state index contributed by atoms with van der Waals surface area (Å²) >= 11 is 0. The minimum Gasteiger partial charge on any atom is -0.465 e. The topological polar surface area (TPSA) is 66.6 Å². The Hall–Kier alpha value is -0.770. The van der Waals surface area contributed by atoms with E-state index in [1.54, 1.807) is 4.90 Å². The Bertz CT molecular complexity index is 206. The summed E-state index contributed by atoms with van der Waals surface area (Å²) < 4.78 is 0. The highest BCUT2D eigenvalue weighted by atomic mass is 16.4. The maximum atomic E-state index is 11.0. The standard InChI is InChI=1S/C9H16N2O2/c10-6-4-7-2-1-3-8(5-6)11(7)9(12)13/h6-8H,1-5,10H2,(H,12,13)/t6?,7-,8?/m0/s1. The van der Waals surface area contributed by atoms with Crippen molar-refractivity contribution in [3.05, 3.63) is 0 Å². The Labute approximate surface area is 77.7 Å². The lowest BCUT2D eigenvalue weighted by molar-refractivity contribution is 0.0360. The van der Waals surface area contributed by atoms with Crippen LogP contribution < -0.4 is 5.73 Å². The van der Waals surface area contributed by atoms with Crippen LogP contribution >= 0.6 is 0 Å². The first-order chi connectivity index (χ1) is 6.18. The van der Waals surface area contributed by atoms with E-state index in [0.29, 0.717) is 0 Å². The number of nitrogens with two attached hydrogens (primary N) is 1. The minimum atomic E-state index is -0.762.